The molecule has 22 heavy (non-hydrogen) atoms. The molecule has 0 unspecified atom stereocenters. The molecule has 0 saturated carbocycles. The van der Waals surface area contributed by atoms with Crippen molar-refractivity contribution >= 4 is 35.1 Å². The summed E-state index contributed by atoms with van der Waals surface area (Å²) in [7, 11) is 1.73. The van der Waals surface area contributed by atoms with Gasteiger partial charge in [-0.1, -0.05) is 35.9 Å². The van der Waals surface area contributed by atoms with Gasteiger partial charge in [0.2, 0.25) is 0 Å². The van der Waals surface area contributed by atoms with E-state index in [-0.39, 0.29) is 0 Å². The molecule has 0 aliphatic carbocycles. The molecule has 2 N–H and O–H groups in total. The van der Waals surface area contributed by atoms with Crippen LogP contribution in [0.1, 0.15) is 11.1 Å². The standard InChI is InChI=1S/C16H16ClN3OS/c1-18-16(22)20-19-10-13-4-2-3-5-15(13)21-11-12-6-8-14(17)9-7-12/h2-10H,11H2,1H3,(H2,18,20,22)/b19-10-. The fourth-order valence-corrected chi connectivity index (χ4v) is 1.86. The largest absolute Gasteiger partial charge is 0.488 e. The van der Waals surface area contributed by atoms with Crippen molar-refractivity contribution in [3.63, 3.8) is 0 Å². The average Bonchev–Trinajstić information content (AvgIpc) is 2.55. The Morgan fingerprint density at radius 2 is 1.95 bits per heavy atom. The van der Waals surface area contributed by atoms with Crippen LogP contribution in [-0.2, 0) is 6.61 Å². The summed E-state index contributed by atoms with van der Waals surface area (Å²) < 4.78 is 5.84. The summed E-state index contributed by atoms with van der Waals surface area (Å²) in [6.07, 6.45) is 1.67. The highest BCUT2D eigenvalue weighted by molar-refractivity contribution is 7.80. The summed E-state index contributed by atoms with van der Waals surface area (Å²) in [5.41, 5.74) is 4.62. The van der Waals surface area contributed by atoms with Crippen LogP contribution in [0.3, 0.4) is 0 Å². The Morgan fingerprint density at radius 1 is 1.23 bits per heavy atom. The Morgan fingerprint density at radius 3 is 2.68 bits per heavy atom. The molecule has 0 saturated heterocycles. The second-order valence-corrected chi connectivity index (χ2v) is 5.25. The second-order valence-electron chi connectivity index (χ2n) is 4.40. The molecule has 4 nitrogen and oxygen atoms in total. The zero-order valence-corrected chi connectivity index (χ0v) is 13.6. The minimum atomic E-state index is 0.454. The lowest BCUT2D eigenvalue weighted by atomic mass is 10.2. The minimum Gasteiger partial charge on any atom is -0.488 e. The predicted molar refractivity (Wildman–Crippen MR) is 94.6 cm³/mol. The first kappa shape index (κ1) is 16.3. The Bertz CT molecular complexity index is 659. The molecule has 2 aromatic rings. The monoisotopic (exact) mass is 333 g/mol. The Labute approximate surface area is 140 Å². The summed E-state index contributed by atoms with van der Waals surface area (Å²) >= 11 is 10.8. The molecule has 0 amide bonds. The van der Waals surface area contributed by atoms with Gasteiger partial charge in [0, 0.05) is 17.6 Å². The van der Waals surface area contributed by atoms with E-state index in [0.29, 0.717) is 16.7 Å². The van der Waals surface area contributed by atoms with Gasteiger partial charge in [-0.25, -0.2) is 0 Å². The number of nitrogens with zero attached hydrogens (tertiary/aromatic N) is 1. The number of rotatable bonds is 5. The first-order valence-corrected chi connectivity index (χ1v) is 7.44. The highest BCUT2D eigenvalue weighted by Crippen LogP contribution is 2.18. The highest BCUT2D eigenvalue weighted by atomic mass is 35.5. The van der Waals surface area contributed by atoms with Gasteiger partial charge in [0.1, 0.15) is 12.4 Å². The Hall–Kier alpha value is -2.11. The van der Waals surface area contributed by atoms with Crippen LogP contribution < -0.4 is 15.5 Å². The van der Waals surface area contributed by atoms with Crippen molar-refractivity contribution in [1.29, 1.82) is 0 Å². The van der Waals surface area contributed by atoms with Gasteiger partial charge in [0.15, 0.2) is 5.11 Å². The van der Waals surface area contributed by atoms with Gasteiger partial charge >= 0.3 is 0 Å². The SMILES string of the molecule is CNC(=S)N/N=C\c1ccccc1OCc1ccc(Cl)cc1. The van der Waals surface area contributed by atoms with E-state index < -0.39 is 0 Å². The number of nitrogens with one attached hydrogen (secondary N) is 2. The molecule has 114 valence electrons. The fourth-order valence-electron chi connectivity index (χ4n) is 1.68. The smallest absolute Gasteiger partial charge is 0.186 e. The highest BCUT2D eigenvalue weighted by Gasteiger charge is 2.01. The molecule has 2 aromatic carbocycles. The van der Waals surface area contributed by atoms with Crippen LogP contribution in [0.4, 0.5) is 0 Å². The van der Waals surface area contributed by atoms with Crippen molar-refractivity contribution in [2.24, 2.45) is 5.10 Å². The van der Waals surface area contributed by atoms with Gasteiger partial charge in [-0.15, -0.1) is 0 Å². The predicted octanol–water partition coefficient (Wildman–Crippen LogP) is 3.35. The summed E-state index contributed by atoms with van der Waals surface area (Å²) in [5.74, 6) is 0.748. The maximum Gasteiger partial charge on any atom is 0.186 e. The number of para-hydroxylation sites is 1. The molecule has 0 fully saturated rings. The molecule has 6 heteroatoms. The molecule has 0 radical (unpaired) electrons. The topological polar surface area (TPSA) is 45.7 Å². The summed E-state index contributed by atoms with van der Waals surface area (Å²) in [5, 5.41) is 8.01. The summed E-state index contributed by atoms with van der Waals surface area (Å²) in [6, 6.07) is 15.2. The van der Waals surface area contributed by atoms with Crippen LogP contribution in [-0.4, -0.2) is 18.4 Å². The van der Waals surface area contributed by atoms with Gasteiger partial charge in [-0.05, 0) is 42.0 Å². The third-order valence-electron chi connectivity index (χ3n) is 2.82. The fraction of sp³-hybridized carbons (Fsp3) is 0.125. The molecule has 2 rings (SSSR count). The molecule has 0 heterocycles. The maximum atomic E-state index is 5.87. The van der Waals surface area contributed by atoms with Crippen LogP contribution in [0.15, 0.2) is 53.6 Å². The van der Waals surface area contributed by atoms with Gasteiger partial charge in [-0.3, -0.25) is 5.43 Å². The van der Waals surface area contributed by atoms with Crippen molar-refractivity contribution in [3.05, 3.63) is 64.7 Å². The second kappa shape index (κ2) is 8.36. The third kappa shape index (κ3) is 5.02. The van der Waals surface area contributed by atoms with Crippen molar-refractivity contribution in [2.45, 2.75) is 6.61 Å². The van der Waals surface area contributed by atoms with E-state index in [2.05, 4.69) is 15.8 Å². The van der Waals surface area contributed by atoms with E-state index >= 15 is 0 Å². The lowest BCUT2D eigenvalue weighted by Crippen LogP contribution is -2.28. The van der Waals surface area contributed by atoms with Crippen LogP contribution in [0.25, 0.3) is 0 Å². The maximum absolute atomic E-state index is 5.87. The van der Waals surface area contributed by atoms with Crippen molar-refractivity contribution in [3.8, 4) is 5.75 Å². The number of hydrogen-bond donors (Lipinski definition) is 2. The third-order valence-corrected chi connectivity index (χ3v) is 3.37. The van der Waals surface area contributed by atoms with E-state index in [0.717, 1.165) is 16.9 Å². The van der Waals surface area contributed by atoms with Gasteiger partial charge in [0.05, 0.1) is 6.21 Å². The molecule has 0 aliphatic rings. The number of halogens is 1. The molecular weight excluding hydrogens is 318 g/mol. The quantitative estimate of drug-likeness (QED) is 0.500. The molecule has 0 aliphatic heterocycles. The van der Waals surface area contributed by atoms with E-state index in [4.69, 9.17) is 28.6 Å². The van der Waals surface area contributed by atoms with Crippen LogP contribution in [0, 0.1) is 0 Å². The number of thiocarbonyl (C=S) groups is 1. The normalized spacial score (nSPS) is 10.5. The van der Waals surface area contributed by atoms with Gasteiger partial charge in [-0.2, -0.15) is 5.10 Å². The zero-order valence-electron chi connectivity index (χ0n) is 12.0. The van der Waals surface area contributed by atoms with E-state index in [1.807, 2.05) is 48.5 Å². The molecule has 0 atom stereocenters. The Balaban J connectivity index is 2.01. The van der Waals surface area contributed by atoms with Gasteiger partial charge < -0.3 is 10.1 Å². The minimum absolute atomic E-state index is 0.454. The van der Waals surface area contributed by atoms with Crippen LogP contribution >= 0.6 is 23.8 Å². The lowest BCUT2D eigenvalue weighted by Gasteiger charge is -2.09. The first-order chi connectivity index (χ1) is 10.7. The van der Waals surface area contributed by atoms with Crippen molar-refractivity contribution in [1.82, 2.24) is 10.7 Å². The van der Waals surface area contributed by atoms with E-state index in [1.165, 1.54) is 0 Å². The molecule has 0 aromatic heterocycles. The summed E-state index contributed by atoms with van der Waals surface area (Å²) in [4.78, 5) is 0. The van der Waals surface area contributed by atoms with Crippen LogP contribution in [0.2, 0.25) is 5.02 Å². The number of hydrogen-bond acceptors (Lipinski definition) is 3. The number of hydrazone groups is 1. The van der Waals surface area contributed by atoms with Crippen molar-refractivity contribution in [2.75, 3.05) is 7.05 Å². The lowest BCUT2D eigenvalue weighted by molar-refractivity contribution is 0.306. The van der Waals surface area contributed by atoms with Crippen molar-refractivity contribution < 1.29 is 4.74 Å². The molecular formula is C16H16ClN3OS. The summed E-state index contributed by atoms with van der Waals surface area (Å²) in [6.45, 7) is 0.463. The first-order valence-electron chi connectivity index (χ1n) is 6.66. The number of benzene rings is 2. The molecule has 0 bridgehead atoms. The molecule has 0 spiro atoms. The number of ether oxygens (including phenoxy) is 1. The average molecular weight is 334 g/mol. The van der Waals surface area contributed by atoms with Crippen LogP contribution in [0.5, 0.6) is 5.75 Å². The van der Waals surface area contributed by atoms with E-state index in [1.54, 1.807) is 13.3 Å². The zero-order chi connectivity index (χ0) is 15.8. The van der Waals surface area contributed by atoms with E-state index in [9.17, 15) is 0 Å². The van der Waals surface area contributed by atoms with Gasteiger partial charge in [0.25, 0.3) is 0 Å². The Kier molecular flexibility index (Phi) is 6.18.